The number of rotatable bonds is 5. The summed E-state index contributed by atoms with van der Waals surface area (Å²) < 4.78 is 0. The van der Waals surface area contributed by atoms with E-state index in [0.29, 0.717) is 11.6 Å². The van der Waals surface area contributed by atoms with E-state index >= 15 is 0 Å². The first-order valence-corrected chi connectivity index (χ1v) is 7.01. The number of nitro groups is 1. The van der Waals surface area contributed by atoms with Gasteiger partial charge in [0.1, 0.15) is 5.69 Å². The van der Waals surface area contributed by atoms with Crippen LogP contribution in [0.15, 0.2) is 41.8 Å². The molecular formula is C14H16N2O2S. The summed E-state index contributed by atoms with van der Waals surface area (Å²) in [7, 11) is 0. The van der Waals surface area contributed by atoms with Crippen LogP contribution < -0.4 is 5.32 Å². The van der Waals surface area contributed by atoms with Crippen LogP contribution in [-0.4, -0.2) is 4.92 Å². The molecule has 100 valence electrons. The van der Waals surface area contributed by atoms with Crippen LogP contribution in [0.5, 0.6) is 0 Å². The first-order chi connectivity index (χ1) is 9.09. The topological polar surface area (TPSA) is 55.2 Å². The molecule has 0 bridgehead atoms. The van der Waals surface area contributed by atoms with Gasteiger partial charge in [0.05, 0.1) is 11.0 Å². The van der Waals surface area contributed by atoms with E-state index in [1.54, 1.807) is 29.5 Å². The Hall–Kier alpha value is -1.88. The third kappa shape index (κ3) is 3.12. The number of nitrogens with zero attached hydrogens (tertiary/aromatic N) is 1. The summed E-state index contributed by atoms with van der Waals surface area (Å²) >= 11 is 1.66. The Morgan fingerprint density at radius 3 is 2.53 bits per heavy atom. The van der Waals surface area contributed by atoms with Crippen molar-refractivity contribution in [2.75, 3.05) is 5.32 Å². The highest BCUT2D eigenvalue weighted by Gasteiger charge is 2.20. The predicted octanol–water partition coefficient (Wildman–Crippen LogP) is 4.47. The van der Waals surface area contributed by atoms with Crippen LogP contribution in [0.3, 0.4) is 0 Å². The van der Waals surface area contributed by atoms with E-state index in [2.05, 4.69) is 25.2 Å². The molecule has 0 spiro atoms. The maximum Gasteiger partial charge on any atom is 0.292 e. The van der Waals surface area contributed by atoms with Crippen molar-refractivity contribution in [2.45, 2.75) is 19.9 Å². The zero-order chi connectivity index (χ0) is 13.8. The molecule has 0 amide bonds. The molecule has 5 heteroatoms. The zero-order valence-electron chi connectivity index (χ0n) is 10.9. The van der Waals surface area contributed by atoms with E-state index in [-0.39, 0.29) is 16.7 Å². The highest BCUT2D eigenvalue weighted by Crippen LogP contribution is 2.33. The fourth-order valence-electron chi connectivity index (χ4n) is 1.96. The molecule has 0 radical (unpaired) electrons. The number of para-hydroxylation sites is 2. The molecule has 1 aromatic heterocycles. The molecule has 0 saturated carbocycles. The van der Waals surface area contributed by atoms with Crippen LogP contribution >= 0.6 is 11.3 Å². The fraction of sp³-hybridized carbons (Fsp3) is 0.286. The van der Waals surface area contributed by atoms with Gasteiger partial charge in [0.2, 0.25) is 0 Å². The van der Waals surface area contributed by atoms with Crippen molar-refractivity contribution in [1.82, 2.24) is 0 Å². The molecule has 0 aliphatic carbocycles. The molecule has 1 N–H and O–H groups in total. The summed E-state index contributed by atoms with van der Waals surface area (Å²) in [5, 5.41) is 16.3. The summed E-state index contributed by atoms with van der Waals surface area (Å²) in [6.45, 7) is 4.21. The summed E-state index contributed by atoms with van der Waals surface area (Å²) in [6.07, 6.45) is 0. The molecule has 2 rings (SSSR count). The van der Waals surface area contributed by atoms with Gasteiger partial charge in [-0.1, -0.05) is 32.0 Å². The number of benzene rings is 1. The van der Waals surface area contributed by atoms with E-state index in [9.17, 15) is 10.1 Å². The largest absolute Gasteiger partial charge is 0.372 e. The van der Waals surface area contributed by atoms with Gasteiger partial charge in [-0.3, -0.25) is 10.1 Å². The van der Waals surface area contributed by atoms with Crippen LogP contribution in [0.2, 0.25) is 0 Å². The Kier molecular flexibility index (Phi) is 4.16. The third-order valence-corrected chi connectivity index (χ3v) is 3.88. The SMILES string of the molecule is CC(C)C(Nc1ccccc1[N+](=O)[O-])c1cccs1. The van der Waals surface area contributed by atoms with Gasteiger partial charge in [-0.25, -0.2) is 0 Å². The van der Waals surface area contributed by atoms with Crippen molar-refractivity contribution in [3.8, 4) is 0 Å². The first-order valence-electron chi connectivity index (χ1n) is 6.13. The van der Waals surface area contributed by atoms with Crippen molar-refractivity contribution in [3.63, 3.8) is 0 Å². The number of hydrogen-bond acceptors (Lipinski definition) is 4. The zero-order valence-corrected chi connectivity index (χ0v) is 11.7. The monoisotopic (exact) mass is 276 g/mol. The minimum absolute atomic E-state index is 0.0844. The lowest BCUT2D eigenvalue weighted by Gasteiger charge is -2.22. The van der Waals surface area contributed by atoms with E-state index in [1.165, 1.54) is 10.9 Å². The molecule has 0 fully saturated rings. The van der Waals surface area contributed by atoms with E-state index < -0.39 is 0 Å². The number of hydrogen-bond donors (Lipinski definition) is 1. The second-order valence-electron chi connectivity index (χ2n) is 4.66. The molecule has 0 aliphatic rings. The molecule has 1 aromatic carbocycles. The molecular weight excluding hydrogens is 260 g/mol. The number of nitro benzene ring substituents is 1. The lowest BCUT2D eigenvalue weighted by Crippen LogP contribution is -2.16. The maximum absolute atomic E-state index is 11.0. The van der Waals surface area contributed by atoms with E-state index in [0.717, 1.165) is 0 Å². The molecule has 1 atom stereocenters. The van der Waals surface area contributed by atoms with Gasteiger partial charge in [0, 0.05) is 10.9 Å². The van der Waals surface area contributed by atoms with Gasteiger partial charge in [-0.2, -0.15) is 0 Å². The predicted molar refractivity (Wildman–Crippen MR) is 78.6 cm³/mol. The van der Waals surface area contributed by atoms with Crippen molar-refractivity contribution in [1.29, 1.82) is 0 Å². The summed E-state index contributed by atoms with van der Waals surface area (Å²) in [5.41, 5.74) is 0.685. The van der Waals surface area contributed by atoms with Crippen LogP contribution in [-0.2, 0) is 0 Å². The van der Waals surface area contributed by atoms with Gasteiger partial charge < -0.3 is 5.32 Å². The quantitative estimate of drug-likeness (QED) is 0.647. The Balaban J connectivity index is 2.30. The van der Waals surface area contributed by atoms with Crippen molar-refractivity contribution in [3.05, 3.63) is 56.8 Å². The van der Waals surface area contributed by atoms with E-state index in [1.807, 2.05) is 11.4 Å². The van der Waals surface area contributed by atoms with Crippen LogP contribution in [0.4, 0.5) is 11.4 Å². The van der Waals surface area contributed by atoms with Gasteiger partial charge in [0.15, 0.2) is 0 Å². The second-order valence-corrected chi connectivity index (χ2v) is 5.63. The molecule has 1 unspecified atom stereocenters. The number of anilines is 1. The fourth-order valence-corrected chi connectivity index (χ4v) is 2.91. The molecule has 4 nitrogen and oxygen atoms in total. The second kappa shape index (κ2) is 5.84. The van der Waals surface area contributed by atoms with Crippen LogP contribution in [0, 0.1) is 16.0 Å². The molecule has 2 aromatic rings. The Labute approximate surface area is 116 Å². The average molecular weight is 276 g/mol. The molecule has 1 heterocycles. The van der Waals surface area contributed by atoms with Crippen molar-refractivity contribution >= 4 is 22.7 Å². The number of nitrogens with one attached hydrogen (secondary N) is 1. The summed E-state index contributed by atoms with van der Waals surface area (Å²) in [4.78, 5) is 11.9. The Bertz CT molecular complexity index is 552. The lowest BCUT2D eigenvalue weighted by molar-refractivity contribution is -0.384. The third-order valence-electron chi connectivity index (χ3n) is 2.93. The molecule has 0 saturated heterocycles. The molecule has 19 heavy (non-hydrogen) atoms. The normalized spacial score (nSPS) is 12.4. The highest BCUT2D eigenvalue weighted by atomic mass is 32.1. The van der Waals surface area contributed by atoms with E-state index in [4.69, 9.17) is 0 Å². The molecule has 0 aliphatic heterocycles. The summed E-state index contributed by atoms with van der Waals surface area (Å²) in [5.74, 6) is 0.346. The van der Waals surface area contributed by atoms with Crippen molar-refractivity contribution in [2.24, 2.45) is 5.92 Å². The Morgan fingerprint density at radius 2 is 1.95 bits per heavy atom. The van der Waals surface area contributed by atoms with Crippen LogP contribution in [0.25, 0.3) is 0 Å². The van der Waals surface area contributed by atoms with Gasteiger partial charge in [-0.05, 0) is 23.4 Å². The minimum atomic E-state index is -0.353. The Morgan fingerprint density at radius 1 is 1.21 bits per heavy atom. The maximum atomic E-state index is 11.0. The lowest BCUT2D eigenvalue weighted by atomic mass is 10.0. The van der Waals surface area contributed by atoms with Gasteiger partial charge in [0.25, 0.3) is 5.69 Å². The number of thiophene rings is 1. The smallest absolute Gasteiger partial charge is 0.292 e. The summed E-state index contributed by atoms with van der Waals surface area (Å²) in [6, 6.07) is 10.9. The van der Waals surface area contributed by atoms with Gasteiger partial charge in [-0.15, -0.1) is 11.3 Å². The standard InChI is InChI=1S/C14H16N2O2S/c1-10(2)14(13-8-5-9-19-13)15-11-6-3-4-7-12(11)16(17)18/h3-10,14-15H,1-2H3. The average Bonchev–Trinajstić information content (AvgIpc) is 2.89. The minimum Gasteiger partial charge on any atom is -0.372 e. The van der Waals surface area contributed by atoms with Crippen molar-refractivity contribution < 1.29 is 4.92 Å². The van der Waals surface area contributed by atoms with Gasteiger partial charge >= 0.3 is 0 Å². The highest BCUT2D eigenvalue weighted by molar-refractivity contribution is 7.10. The van der Waals surface area contributed by atoms with Crippen LogP contribution in [0.1, 0.15) is 24.8 Å². The first kappa shape index (κ1) is 13.5.